The summed E-state index contributed by atoms with van der Waals surface area (Å²) in [4.78, 5) is 12.3. The van der Waals surface area contributed by atoms with Crippen molar-refractivity contribution in [3.05, 3.63) is 35.4 Å². The van der Waals surface area contributed by atoms with Gasteiger partial charge in [-0.25, -0.2) is 0 Å². The molecule has 0 saturated carbocycles. The quantitative estimate of drug-likeness (QED) is 0.886. The zero-order valence-electron chi connectivity index (χ0n) is 12.9. The lowest BCUT2D eigenvalue weighted by molar-refractivity contribution is -0.125. The first kappa shape index (κ1) is 15.0. The molecule has 0 bridgehead atoms. The van der Waals surface area contributed by atoms with Gasteiger partial charge in [-0.2, -0.15) is 0 Å². The predicted molar refractivity (Wildman–Crippen MR) is 82.7 cm³/mol. The van der Waals surface area contributed by atoms with Crippen LogP contribution in [0.2, 0.25) is 0 Å². The van der Waals surface area contributed by atoms with Crippen molar-refractivity contribution in [1.29, 1.82) is 0 Å². The lowest BCUT2D eigenvalue weighted by atomic mass is 9.98. The molecule has 3 atom stereocenters. The molecular formula is C17H26N2O. The number of carbonyl (C=O) groups excluding carboxylic acids is 1. The monoisotopic (exact) mass is 274 g/mol. The Morgan fingerprint density at radius 1 is 1.20 bits per heavy atom. The van der Waals surface area contributed by atoms with Crippen molar-refractivity contribution < 1.29 is 4.79 Å². The van der Waals surface area contributed by atoms with Crippen molar-refractivity contribution in [2.75, 3.05) is 6.54 Å². The van der Waals surface area contributed by atoms with E-state index in [1.165, 1.54) is 11.1 Å². The SMILES string of the molecule is CC(C)c1ccc(C(C)NC(=O)C2CCNC2C)cc1. The van der Waals surface area contributed by atoms with Gasteiger partial charge in [-0.15, -0.1) is 0 Å². The van der Waals surface area contributed by atoms with E-state index in [4.69, 9.17) is 0 Å². The van der Waals surface area contributed by atoms with E-state index < -0.39 is 0 Å². The minimum Gasteiger partial charge on any atom is -0.349 e. The molecule has 20 heavy (non-hydrogen) atoms. The lowest BCUT2D eigenvalue weighted by Crippen LogP contribution is -2.37. The second kappa shape index (κ2) is 6.40. The van der Waals surface area contributed by atoms with E-state index in [2.05, 4.69) is 62.6 Å². The molecule has 1 aliphatic heterocycles. The Balaban J connectivity index is 1.97. The largest absolute Gasteiger partial charge is 0.349 e. The summed E-state index contributed by atoms with van der Waals surface area (Å²) in [5.74, 6) is 0.815. The topological polar surface area (TPSA) is 41.1 Å². The highest BCUT2D eigenvalue weighted by atomic mass is 16.2. The van der Waals surface area contributed by atoms with Gasteiger partial charge in [-0.3, -0.25) is 4.79 Å². The van der Waals surface area contributed by atoms with E-state index in [9.17, 15) is 4.79 Å². The van der Waals surface area contributed by atoms with E-state index in [1.54, 1.807) is 0 Å². The Morgan fingerprint density at radius 3 is 2.30 bits per heavy atom. The summed E-state index contributed by atoms with van der Waals surface area (Å²) in [5, 5.41) is 6.46. The van der Waals surface area contributed by atoms with E-state index in [1.807, 2.05) is 0 Å². The molecule has 1 aliphatic rings. The molecule has 1 aromatic carbocycles. The van der Waals surface area contributed by atoms with Gasteiger partial charge >= 0.3 is 0 Å². The number of hydrogen-bond donors (Lipinski definition) is 2. The molecule has 3 heteroatoms. The van der Waals surface area contributed by atoms with E-state index in [0.717, 1.165) is 13.0 Å². The second-order valence-corrected chi connectivity index (χ2v) is 6.19. The number of benzene rings is 1. The Morgan fingerprint density at radius 2 is 1.80 bits per heavy atom. The fourth-order valence-corrected chi connectivity index (χ4v) is 2.79. The molecule has 0 aliphatic carbocycles. The third-order valence-electron chi connectivity index (χ3n) is 4.32. The third-order valence-corrected chi connectivity index (χ3v) is 4.32. The van der Waals surface area contributed by atoms with E-state index in [0.29, 0.717) is 5.92 Å². The standard InChI is InChI=1S/C17H26N2O/c1-11(2)14-5-7-15(8-6-14)12(3)19-17(20)16-9-10-18-13(16)4/h5-8,11-13,16,18H,9-10H2,1-4H3,(H,19,20). The zero-order chi connectivity index (χ0) is 14.7. The van der Waals surface area contributed by atoms with Crippen LogP contribution < -0.4 is 10.6 Å². The lowest BCUT2D eigenvalue weighted by Gasteiger charge is -2.20. The van der Waals surface area contributed by atoms with Gasteiger partial charge in [0.05, 0.1) is 12.0 Å². The number of rotatable bonds is 4. The number of carbonyl (C=O) groups is 1. The minimum absolute atomic E-state index is 0.0662. The van der Waals surface area contributed by atoms with Crippen LogP contribution in [-0.2, 0) is 4.79 Å². The van der Waals surface area contributed by atoms with Gasteiger partial charge in [0.15, 0.2) is 0 Å². The molecule has 0 radical (unpaired) electrons. The highest BCUT2D eigenvalue weighted by Gasteiger charge is 2.29. The van der Waals surface area contributed by atoms with Crippen LogP contribution >= 0.6 is 0 Å². The molecule has 2 rings (SSSR count). The summed E-state index contributed by atoms with van der Waals surface area (Å²) in [6.07, 6.45) is 0.937. The van der Waals surface area contributed by atoms with Crippen molar-refractivity contribution in [1.82, 2.24) is 10.6 Å². The number of amides is 1. The molecule has 2 N–H and O–H groups in total. The molecule has 3 unspecified atom stereocenters. The van der Waals surface area contributed by atoms with Gasteiger partial charge in [0, 0.05) is 6.04 Å². The number of nitrogens with one attached hydrogen (secondary N) is 2. The summed E-state index contributed by atoms with van der Waals surface area (Å²) in [7, 11) is 0. The van der Waals surface area contributed by atoms with Crippen LogP contribution in [0.25, 0.3) is 0 Å². The van der Waals surface area contributed by atoms with Gasteiger partial charge in [-0.1, -0.05) is 38.1 Å². The van der Waals surface area contributed by atoms with Gasteiger partial charge in [0.2, 0.25) is 5.91 Å². The second-order valence-electron chi connectivity index (χ2n) is 6.19. The molecule has 1 fully saturated rings. The Labute approximate surface area is 122 Å². The maximum Gasteiger partial charge on any atom is 0.225 e. The predicted octanol–water partition coefficient (Wildman–Crippen LogP) is 2.99. The summed E-state index contributed by atoms with van der Waals surface area (Å²) in [6.45, 7) is 9.45. The van der Waals surface area contributed by atoms with Crippen LogP contribution in [0.1, 0.15) is 57.2 Å². The van der Waals surface area contributed by atoms with E-state index in [-0.39, 0.29) is 23.9 Å². The zero-order valence-corrected chi connectivity index (χ0v) is 12.9. The first-order chi connectivity index (χ1) is 9.49. The van der Waals surface area contributed by atoms with Crippen molar-refractivity contribution >= 4 is 5.91 Å². The van der Waals surface area contributed by atoms with Gasteiger partial charge in [-0.05, 0) is 43.9 Å². The van der Waals surface area contributed by atoms with Crippen LogP contribution in [0.15, 0.2) is 24.3 Å². The van der Waals surface area contributed by atoms with Crippen LogP contribution in [0.4, 0.5) is 0 Å². The molecule has 0 spiro atoms. The van der Waals surface area contributed by atoms with Crippen LogP contribution in [-0.4, -0.2) is 18.5 Å². The molecule has 1 aromatic rings. The minimum atomic E-state index is 0.0662. The molecule has 0 aromatic heterocycles. The first-order valence-electron chi connectivity index (χ1n) is 7.62. The average Bonchev–Trinajstić information content (AvgIpc) is 2.85. The van der Waals surface area contributed by atoms with Gasteiger partial charge in [0.1, 0.15) is 0 Å². The molecule has 1 heterocycles. The van der Waals surface area contributed by atoms with Gasteiger partial charge < -0.3 is 10.6 Å². The summed E-state index contributed by atoms with van der Waals surface area (Å²) in [5.41, 5.74) is 2.50. The van der Waals surface area contributed by atoms with Crippen LogP contribution in [0, 0.1) is 5.92 Å². The number of hydrogen-bond acceptors (Lipinski definition) is 2. The molecular weight excluding hydrogens is 248 g/mol. The van der Waals surface area contributed by atoms with Crippen molar-refractivity contribution in [2.45, 2.75) is 52.1 Å². The Hall–Kier alpha value is -1.35. The van der Waals surface area contributed by atoms with Crippen LogP contribution in [0.3, 0.4) is 0 Å². The van der Waals surface area contributed by atoms with Gasteiger partial charge in [0.25, 0.3) is 0 Å². The van der Waals surface area contributed by atoms with Crippen molar-refractivity contribution in [2.24, 2.45) is 5.92 Å². The normalized spacial score (nSPS) is 23.9. The first-order valence-corrected chi connectivity index (χ1v) is 7.62. The average molecular weight is 274 g/mol. The Kier molecular flexibility index (Phi) is 4.81. The summed E-state index contributed by atoms with van der Waals surface area (Å²) >= 11 is 0. The third kappa shape index (κ3) is 3.40. The molecule has 110 valence electrons. The van der Waals surface area contributed by atoms with E-state index >= 15 is 0 Å². The fraction of sp³-hybridized carbons (Fsp3) is 0.588. The highest BCUT2D eigenvalue weighted by Crippen LogP contribution is 2.20. The fourth-order valence-electron chi connectivity index (χ4n) is 2.79. The Bertz CT molecular complexity index is 453. The molecule has 1 saturated heterocycles. The maximum atomic E-state index is 12.3. The summed E-state index contributed by atoms with van der Waals surface area (Å²) in [6, 6.07) is 8.90. The molecule has 3 nitrogen and oxygen atoms in total. The maximum absolute atomic E-state index is 12.3. The summed E-state index contributed by atoms with van der Waals surface area (Å²) < 4.78 is 0. The van der Waals surface area contributed by atoms with Crippen molar-refractivity contribution in [3.63, 3.8) is 0 Å². The highest BCUT2D eigenvalue weighted by molar-refractivity contribution is 5.80. The molecule has 1 amide bonds. The van der Waals surface area contributed by atoms with Crippen molar-refractivity contribution in [3.8, 4) is 0 Å². The van der Waals surface area contributed by atoms with Crippen LogP contribution in [0.5, 0.6) is 0 Å². The smallest absolute Gasteiger partial charge is 0.225 e.